The Morgan fingerprint density at radius 1 is 1.06 bits per heavy atom. The Kier molecular flexibility index (Phi) is 8.84. The van der Waals surface area contributed by atoms with Gasteiger partial charge < -0.3 is 31.8 Å². The molecule has 1 aliphatic heterocycles. The molecule has 1 atom stereocenters. The van der Waals surface area contributed by atoms with E-state index in [0.29, 0.717) is 12.4 Å². The molecule has 1 aliphatic rings. The summed E-state index contributed by atoms with van der Waals surface area (Å²) in [5, 5.41) is 0. The van der Waals surface area contributed by atoms with Gasteiger partial charge in [0.05, 0.1) is 6.61 Å². The van der Waals surface area contributed by atoms with Gasteiger partial charge in [-0.3, -0.25) is 14.4 Å². The van der Waals surface area contributed by atoms with Crippen LogP contribution in [-0.2, 0) is 38.7 Å². The van der Waals surface area contributed by atoms with Gasteiger partial charge in [-0.2, -0.15) is 0 Å². The lowest BCUT2D eigenvalue weighted by Crippen LogP contribution is -2.54. The molecule has 0 saturated heterocycles. The number of rotatable bonds is 10. The van der Waals surface area contributed by atoms with E-state index in [1.165, 1.54) is 0 Å². The van der Waals surface area contributed by atoms with Crippen molar-refractivity contribution in [3.05, 3.63) is 23.8 Å². The first-order chi connectivity index (χ1) is 14.9. The molecule has 10 nitrogen and oxygen atoms in total. The monoisotopic (exact) mass is 485 g/mol. The highest BCUT2D eigenvalue weighted by Crippen LogP contribution is 2.34. The van der Waals surface area contributed by atoms with Crippen molar-refractivity contribution in [3.8, 4) is 11.5 Å². The van der Waals surface area contributed by atoms with E-state index < -0.39 is 41.5 Å². The highest BCUT2D eigenvalue weighted by Gasteiger charge is 2.53. The minimum absolute atomic E-state index is 0.387. The summed E-state index contributed by atoms with van der Waals surface area (Å²) in [7, 11) is -2.32. The van der Waals surface area contributed by atoms with Crippen LogP contribution in [-0.4, -0.2) is 67.0 Å². The third-order valence-corrected chi connectivity index (χ3v) is 9.40. The van der Waals surface area contributed by atoms with Crippen molar-refractivity contribution < 1.29 is 41.3 Å². The number of carbonyl (C=O) groups is 3. The molecule has 12 heteroatoms. The van der Waals surface area contributed by atoms with Crippen LogP contribution in [0.25, 0.3) is 0 Å². The van der Waals surface area contributed by atoms with E-state index in [1.54, 1.807) is 18.2 Å². The maximum Gasteiger partial charge on any atom is 0.745 e. The number of carbonyl (C=O) groups excluding carboxylic acids is 3. The lowest BCUT2D eigenvalue weighted by atomic mass is 10.2. The zero-order valence-electron chi connectivity index (χ0n) is 19.4. The second kappa shape index (κ2) is 10.9. The van der Waals surface area contributed by atoms with Crippen LogP contribution in [0.1, 0.15) is 32.8 Å². The van der Waals surface area contributed by atoms with Gasteiger partial charge in [0.1, 0.15) is 11.5 Å². The van der Waals surface area contributed by atoms with Gasteiger partial charge in [-0.15, -0.1) is 0 Å². The molecule has 1 aromatic carbocycles. The van der Waals surface area contributed by atoms with Gasteiger partial charge in [0.2, 0.25) is 0 Å². The normalized spacial score (nSPS) is 17.7. The first-order valence-corrected chi connectivity index (χ1v) is 14.7. The first kappa shape index (κ1) is 25.8. The molecular weight excluding hydrogens is 454 g/mol. The largest absolute Gasteiger partial charge is 0.745 e. The third-order valence-electron chi connectivity index (χ3n) is 4.44. The zero-order chi connectivity index (χ0) is 23.9. The van der Waals surface area contributed by atoms with Gasteiger partial charge in [-0.05, 0) is 51.8 Å². The number of fused-ring (bicyclic) bond motifs is 1. The summed E-state index contributed by atoms with van der Waals surface area (Å²) in [5.41, 5.74) is 0.805. The average molecular weight is 486 g/mol. The molecule has 1 heterocycles. The molecule has 178 valence electrons. The van der Waals surface area contributed by atoms with Crippen molar-refractivity contribution in [1.82, 2.24) is 4.90 Å². The molecule has 0 fully saturated rings. The molecule has 0 saturated carbocycles. The molecule has 0 spiro atoms. The molecule has 0 aliphatic carbocycles. The maximum atomic E-state index is 11.5. The number of hydrogen-bond acceptors (Lipinski definition) is 10. The van der Waals surface area contributed by atoms with Gasteiger partial charge in [0.25, 0.3) is 17.9 Å². The van der Waals surface area contributed by atoms with E-state index in [-0.39, 0.29) is 0 Å². The summed E-state index contributed by atoms with van der Waals surface area (Å²) in [4.78, 5) is 36.8. The number of benzene rings is 1. The molecular formula is C20H31NO9Si2. The van der Waals surface area contributed by atoms with E-state index in [9.17, 15) is 14.4 Å². The minimum atomic E-state index is -4.08. The zero-order valence-corrected chi connectivity index (χ0v) is 21.4. The van der Waals surface area contributed by atoms with Crippen LogP contribution < -0.4 is 9.16 Å². The molecule has 0 radical (unpaired) electrons. The van der Waals surface area contributed by atoms with Gasteiger partial charge in [0.15, 0.2) is 6.23 Å². The van der Waals surface area contributed by atoms with E-state index in [1.807, 2.05) is 20.6 Å². The van der Waals surface area contributed by atoms with Crippen molar-refractivity contribution in [2.45, 2.75) is 46.4 Å². The topological polar surface area (TPSA) is 110 Å². The molecule has 0 N–H and O–H groups in total. The molecule has 0 aromatic heterocycles. The van der Waals surface area contributed by atoms with Gasteiger partial charge in [-0.1, -0.05) is 0 Å². The molecule has 32 heavy (non-hydrogen) atoms. The Hall–Kier alpha value is -2.42. The predicted octanol–water partition coefficient (Wildman–Crippen LogP) is 2.17. The average Bonchev–Trinajstić information content (AvgIpc) is 2.64. The Morgan fingerprint density at radius 2 is 1.66 bits per heavy atom. The van der Waals surface area contributed by atoms with Crippen molar-refractivity contribution in [3.63, 3.8) is 0 Å². The summed E-state index contributed by atoms with van der Waals surface area (Å²) in [5.74, 6) is -1.13. The number of hydrogen-bond donors (Lipinski definition) is 0. The van der Waals surface area contributed by atoms with Crippen molar-refractivity contribution in [1.29, 1.82) is 0 Å². The fraction of sp³-hybridized carbons (Fsp3) is 0.550. The highest BCUT2D eigenvalue weighted by molar-refractivity contribution is 6.67. The van der Waals surface area contributed by atoms with Gasteiger partial charge in [0, 0.05) is 32.4 Å². The summed E-state index contributed by atoms with van der Waals surface area (Å²) < 4.78 is 33.3. The molecule has 0 bridgehead atoms. The summed E-state index contributed by atoms with van der Waals surface area (Å²) >= 11 is 0. The van der Waals surface area contributed by atoms with E-state index in [2.05, 4.69) is 4.90 Å². The van der Waals surface area contributed by atoms with E-state index in [4.69, 9.17) is 26.9 Å². The van der Waals surface area contributed by atoms with Crippen LogP contribution in [0.5, 0.6) is 11.5 Å². The van der Waals surface area contributed by atoms with Crippen LogP contribution in [0.4, 0.5) is 0 Å². The van der Waals surface area contributed by atoms with Crippen LogP contribution in [0.3, 0.4) is 0 Å². The summed E-state index contributed by atoms with van der Waals surface area (Å²) in [6.07, 6.45) is 0.574. The maximum absolute atomic E-state index is 11.5. The van der Waals surface area contributed by atoms with E-state index in [0.717, 1.165) is 51.1 Å². The summed E-state index contributed by atoms with van der Waals surface area (Å²) in [6, 6.07) is 6.09. The Morgan fingerprint density at radius 3 is 2.19 bits per heavy atom. The van der Waals surface area contributed by atoms with Gasteiger partial charge in [-0.25, -0.2) is 0 Å². The fourth-order valence-electron chi connectivity index (χ4n) is 3.17. The summed E-state index contributed by atoms with van der Waals surface area (Å²) in [6.45, 7) is 6.78. The van der Waals surface area contributed by atoms with E-state index >= 15 is 0 Å². The Labute approximate surface area is 190 Å². The molecule has 1 aromatic rings. The second-order valence-corrected chi connectivity index (χ2v) is 13.5. The molecule has 0 amide bonds. The molecule has 2 rings (SSSR count). The van der Waals surface area contributed by atoms with Crippen LogP contribution in [0, 0.1) is 0 Å². The van der Waals surface area contributed by atoms with Gasteiger partial charge >= 0.3 is 17.4 Å². The van der Waals surface area contributed by atoms with Crippen molar-refractivity contribution in [2.24, 2.45) is 0 Å². The lowest BCUT2D eigenvalue weighted by molar-refractivity contribution is -0.148. The minimum Gasteiger partial charge on any atom is -0.520 e. The Bertz CT molecular complexity index is 808. The first-order valence-electron chi connectivity index (χ1n) is 10.2. The Balaban J connectivity index is 2.11. The standard InChI is InChI=1S/C20H31NO9Si2/c1-15(22)27-32(28-16(2)23,29-17(3)24)14-25-19-8-9-20-18(12-19)13-26-31(6,30-20)11-7-10-21(4)5/h8-9,12H,7,10-11,13-14H2,1-6H3. The fourth-order valence-corrected chi connectivity index (χ4v) is 7.36. The van der Waals surface area contributed by atoms with Crippen molar-refractivity contribution in [2.75, 3.05) is 26.9 Å². The van der Waals surface area contributed by atoms with Crippen LogP contribution in [0.15, 0.2) is 18.2 Å². The second-order valence-electron chi connectivity index (χ2n) is 7.95. The van der Waals surface area contributed by atoms with Crippen molar-refractivity contribution >= 4 is 35.3 Å². The number of nitrogens with zero attached hydrogens (tertiary/aromatic N) is 1. The third kappa shape index (κ3) is 7.93. The van der Waals surface area contributed by atoms with Crippen LogP contribution in [0.2, 0.25) is 12.6 Å². The molecule has 1 unspecified atom stereocenters. The lowest BCUT2D eigenvalue weighted by Gasteiger charge is -2.34. The van der Waals surface area contributed by atoms with Crippen LogP contribution >= 0.6 is 0 Å². The predicted molar refractivity (Wildman–Crippen MR) is 118 cm³/mol. The SMILES string of the molecule is CC(=O)O[Si](COc1ccc2c(c1)CO[Si](C)(CCCN(C)C)O2)(OC(C)=O)OC(C)=O. The quantitative estimate of drug-likeness (QED) is 0.457. The smallest absolute Gasteiger partial charge is 0.520 e. The number of ether oxygens (including phenoxy) is 1. The highest BCUT2D eigenvalue weighted by atomic mass is 28.4.